The fraction of sp³-hybridized carbons (Fsp3) is 0.650. The van der Waals surface area contributed by atoms with Crippen LogP contribution in [-0.4, -0.2) is 10.9 Å². The lowest BCUT2D eigenvalue weighted by atomic mass is 9.43. The summed E-state index contributed by atoms with van der Waals surface area (Å²) in [5, 5.41) is 9.57. The summed E-state index contributed by atoms with van der Waals surface area (Å²) in [5.74, 6) is 3.51. The Balaban J connectivity index is 2.17. The molecule has 0 bridgehead atoms. The van der Waals surface area contributed by atoms with Crippen molar-refractivity contribution in [2.45, 2.75) is 59.3 Å². The third kappa shape index (κ3) is 1.78. The van der Waals surface area contributed by atoms with E-state index in [-0.39, 0.29) is 16.6 Å². The average Bonchev–Trinajstić information content (AvgIpc) is 2.51. The summed E-state index contributed by atoms with van der Waals surface area (Å²) in [6.45, 7) is 6.33. The third-order valence-electron chi connectivity index (χ3n) is 6.65. The molecule has 3 rings (SSSR count). The SMILES string of the molecule is C#C[C@]12CCCC=C1[C@@]1(C)C/C(=C/O)C(=O)C(C)(C)[C@@H]1CC2. The van der Waals surface area contributed by atoms with Gasteiger partial charge < -0.3 is 5.11 Å². The number of ketones is 1. The lowest BCUT2D eigenvalue weighted by molar-refractivity contribution is -0.134. The summed E-state index contributed by atoms with van der Waals surface area (Å²) >= 11 is 0. The maximum Gasteiger partial charge on any atom is 0.167 e. The van der Waals surface area contributed by atoms with Gasteiger partial charge in [-0.2, -0.15) is 0 Å². The first-order chi connectivity index (χ1) is 10.3. The maximum absolute atomic E-state index is 12.7. The van der Waals surface area contributed by atoms with Gasteiger partial charge in [0.25, 0.3) is 0 Å². The van der Waals surface area contributed by atoms with Crippen LogP contribution in [0, 0.1) is 34.5 Å². The van der Waals surface area contributed by atoms with Crippen LogP contribution in [0.5, 0.6) is 0 Å². The van der Waals surface area contributed by atoms with Crippen molar-refractivity contribution in [3.8, 4) is 12.3 Å². The molecule has 2 saturated carbocycles. The zero-order valence-corrected chi connectivity index (χ0v) is 13.9. The maximum atomic E-state index is 12.7. The molecule has 0 aliphatic heterocycles. The zero-order valence-electron chi connectivity index (χ0n) is 13.9. The van der Waals surface area contributed by atoms with Gasteiger partial charge in [0.05, 0.1) is 11.7 Å². The number of aliphatic hydroxyl groups is 1. The molecular weight excluding hydrogens is 272 g/mol. The Labute approximate surface area is 133 Å². The number of allylic oxidation sites excluding steroid dienone is 3. The normalized spacial score (nSPS) is 42.1. The van der Waals surface area contributed by atoms with E-state index in [2.05, 4.69) is 18.9 Å². The number of terminal acetylenes is 1. The Morgan fingerprint density at radius 2 is 2.09 bits per heavy atom. The molecule has 2 fully saturated rings. The molecular formula is C20H26O2. The van der Waals surface area contributed by atoms with Gasteiger partial charge in [-0.05, 0) is 55.4 Å². The van der Waals surface area contributed by atoms with Crippen LogP contribution in [0.4, 0.5) is 0 Å². The summed E-state index contributed by atoms with van der Waals surface area (Å²) in [6.07, 6.45) is 15.2. The Kier molecular flexibility index (Phi) is 3.33. The van der Waals surface area contributed by atoms with Crippen LogP contribution in [0.1, 0.15) is 59.3 Å². The lowest BCUT2D eigenvalue weighted by Gasteiger charge is -2.59. The highest BCUT2D eigenvalue weighted by molar-refractivity contribution is 6.00. The largest absolute Gasteiger partial charge is 0.515 e. The number of Topliss-reactive ketones (excluding diaryl/α,β-unsaturated/α-hetero) is 1. The van der Waals surface area contributed by atoms with Crippen LogP contribution in [0.15, 0.2) is 23.5 Å². The van der Waals surface area contributed by atoms with Gasteiger partial charge in [0.1, 0.15) is 0 Å². The van der Waals surface area contributed by atoms with Gasteiger partial charge in [0.15, 0.2) is 5.78 Å². The zero-order chi connectivity index (χ0) is 16.2. The highest BCUT2D eigenvalue weighted by Gasteiger charge is 2.60. The molecule has 0 aromatic rings. The van der Waals surface area contributed by atoms with E-state index in [1.54, 1.807) is 0 Å². The van der Waals surface area contributed by atoms with E-state index in [9.17, 15) is 9.90 Å². The monoisotopic (exact) mass is 298 g/mol. The molecule has 0 unspecified atom stereocenters. The minimum absolute atomic E-state index is 0.0992. The molecule has 22 heavy (non-hydrogen) atoms. The highest BCUT2D eigenvalue weighted by atomic mass is 16.2. The summed E-state index contributed by atoms with van der Waals surface area (Å²) < 4.78 is 0. The predicted octanol–water partition coefficient (Wildman–Crippen LogP) is 4.57. The number of hydrogen-bond donors (Lipinski definition) is 1. The minimum Gasteiger partial charge on any atom is -0.515 e. The molecule has 0 aromatic carbocycles. The molecule has 3 aliphatic carbocycles. The van der Waals surface area contributed by atoms with Gasteiger partial charge in [-0.3, -0.25) is 4.79 Å². The number of rotatable bonds is 0. The molecule has 0 radical (unpaired) electrons. The summed E-state index contributed by atoms with van der Waals surface area (Å²) in [5.41, 5.74) is 1.24. The quantitative estimate of drug-likeness (QED) is 0.308. The number of carbonyl (C=O) groups excluding carboxylic acids is 1. The topological polar surface area (TPSA) is 37.3 Å². The fourth-order valence-electron chi connectivity index (χ4n) is 5.67. The van der Waals surface area contributed by atoms with Crippen LogP contribution in [0.3, 0.4) is 0 Å². The standard InChI is InChI=1S/C20H26O2/c1-5-20-10-7-6-8-16(20)19(4)12-14(13-21)17(22)18(2,3)15(19)9-11-20/h1,8,13,15,21H,6-7,9-12H2,2-4H3/b14-13-/t15-,19-,20+/m0/s1. The molecule has 2 nitrogen and oxygen atoms in total. The van der Waals surface area contributed by atoms with Crippen LogP contribution < -0.4 is 0 Å². The van der Waals surface area contributed by atoms with E-state index < -0.39 is 5.41 Å². The second-order valence-electron chi connectivity index (χ2n) is 8.13. The van der Waals surface area contributed by atoms with Crippen molar-refractivity contribution in [2.75, 3.05) is 0 Å². The van der Waals surface area contributed by atoms with Gasteiger partial charge in [-0.15, -0.1) is 6.42 Å². The van der Waals surface area contributed by atoms with Gasteiger partial charge >= 0.3 is 0 Å². The molecule has 0 saturated heterocycles. The van der Waals surface area contributed by atoms with Crippen molar-refractivity contribution in [2.24, 2.45) is 22.2 Å². The Hall–Kier alpha value is -1.49. The van der Waals surface area contributed by atoms with Crippen LogP contribution >= 0.6 is 0 Å². The molecule has 0 aromatic heterocycles. The van der Waals surface area contributed by atoms with Gasteiger partial charge in [-0.1, -0.05) is 32.8 Å². The van der Waals surface area contributed by atoms with Crippen molar-refractivity contribution in [1.29, 1.82) is 0 Å². The van der Waals surface area contributed by atoms with Crippen molar-refractivity contribution in [3.63, 3.8) is 0 Å². The Bertz CT molecular complexity index is 616. The van der Waals surface area contributed by atoms with E-state index in [0.717, 1.165) is 38.4 Å². The molecule has 118 valence electrons. The number of fused-ring (bicyclic) bond motifs is 3. The first-order valence-electron chi connectivity index (χ1n) is 8.39. The average molecular weight is 298 g/mol. The van der Waals surface area contributed by atoms with Gasteiger partial charge in [-0.25, -0.2) is 0 Å². The van der Waals surface area contributed by atoms with E-state index in [1.807, 2.05) is 13.8 Å². The van der Waals surface area contributed by atoms with Gasteiger partial charge in [0.2, 0.25) is 0 Å². The first kappa shape index (κ1) is 15.4. The fourth-order valence-corrected chi connectivity index (χ4v) is 5.67. The highest BCUT2D eigenvalue weighted by Crippen LogP contribution is 2.65. The molecule has 3 atom stereocenters. The van der Waals surface area contributed by atoms with Crippen LogP contribution in [-0.2, 0) is 4.79 Å². The Morgan fingerprint density at radius 1 is 1.36 bits per heavy atom. The Morgan fingerprint density at radius 3 is 2.73 bits per heavy atom. The molecule has 0 heterocycles. The van der Waals surface area contributed by atoms with Crippen molar-refractivity contribution in [1.82, 2.24) is 0 Å². The summed E-state index contributed by atoms with van der Waals surface area (Å²) in [6, 6.07) is 0. The van der Waals surface area contributed by atoms with Gasteiger partial charge in [0, 0.05) is 11.0 Å². The summed E-state index contributed by atoms with van der Waals surface area (Å²) in [4.78, 5) is 12.7. The summed E-state index contributed by atoms with van der Waals surface area (Å²) in [7, 11) is 0. The van der Waals surface area contributed by atoms with Crippen LogP contribution in [0.2, 0.25) is 0 Å². The second kappa shape index (κ2) is 4.75. The molecule has 1 N–H and O–H groups in total. The van der Waals surface area contributed by atoms with E-state index in [0.29, 0.717) is 17.9 Å². The van der Waals surface area contributed by atoms with E-state index in [4.69, 9.17) is 6.42 Å². The van der Waals surface area contributed by atoms with Crippen molar-refractivity contribution in [3.05, 3.63) is 23.5 Å². The van der Waals surface area contributed by atoms with Crippen molar-refractivity contribution < 1.29 is 9.90 Å². The van der Waals surface area contributed by atoms with E-state index >= 15 is 0 Å². The molecule has 0 amide bonds. The molecule has 3 aliphatic rings. The molecule has 0 spiro atoms. The minimum atomic E-state index is -0.444. The van der Waals surface area contributed by atoms with E-state index in [1.165, 1.54) is 5.57 Å². The predicted molar refractivity (Wildman–Crippen MR) is 88.1 cm³/mol. The number of aliphatic hydroxyl groups excluding tert-OH is 1. The van der Waals surface area contributed by atoms with Crippen LogP contribution in [0.25, 0.3) is 0 Å². The lowest BCUT2D eigenvalue weighted by Crippen LogP contribution is -2.55. The van der Waals surface area contributed by atoms with Crippen molar-refractivity contribution >= 4 is 5.78 Å². The smallest absolute Gasteiger partial charge is 0.167 e. The second-order valence-corrected chi connectivity index (χ2v) is 8.13. The number of carbonyl (C=O) groups is 1. The first-order valence-corrected chi connectivity index (χ1v) is 8.39. The molecule has 2 heteroatoms. The number of hydrogen-bond acceptors (Lipinski definition) is 2. The third-order valence-corrected chi connectivity index (χ3v) is 6.65.